The summed E-state index contributed by atoms with van der Waals surface area (Å²) in [6.45, 7) is -1.05. The molecule has 4 aromatic rings. The number of alkyl halides is 3. The SMILES string of the molecule is FC(F)(F)COc1cc(CNc2ccc3nnc(-c4ccsc4)n3n2)ccn1. The van der Waals surface area contributed by atoms with Gasteiger partial charge in [-0.2, -0.15) is 29.0 Å². The second-order valence-electron chi connectivity index (χ2n) is 5.78. The van der Waals surface area contributed by atoms with Gasteiger partial charge in [-0.3, -0.25) is 0 Å². The standard InChI is InChI=1S/C17H13F3N6OS/c18-17(19,20)10-27-15-7-11(3-5-21-15)8-22-13-1-2-14-23-24-16(26(14)25-13)12-4-6-28-9-12/h1-7,9H,8,10H2,(H,22,25). The van der Waals surface area contributed by atoms with Crippen LogP contribution in [0, 0.1) is 0 Å². The zero-order chi connectivity index (χ0) is 19.6. The molecule has 0 unspecified atom stereocenters. The van der Waals surface area contributed by atoms with E-state index in [1.165, 1.54) is 12.3 Å². The number of pyridine rings is 1. The van der Waals surface area contributed by atoms with Crippen LogP contribution < -0.4 is 10.1 Å². The van der Waals surface area contributed by atoms with E-state index < -0.39 is 12.8 Å². The van der Waals surface area contributed by atoms with Crippen LogP contribution in [0.5, 0.6) is 5.88 Å². The van der Waals surface area contributed by atoms with Gasteiger partial charge in [-0.1, -0.05) is 0 Å². The number of ether oxygens (including phenoxy) is 1. The van der Waals surface area contributed by atoms with Gasteiger partial charge < -0.3 is 10.1 Å². The summed E-state index contributed by atoms with van der Waals surface area (Å²) >= 11 is 1.55. The lowest BCUT2D eigenvalue weighted by atomic mass is 10.2. The number of anilines is 1. The van der Waals surface area contributed by atoms with Gasteiger partial charge in [0.2, 0.25) is 5.88 Å². The van der Waals surface area contributed by atoms with Crippen molar-refractivity contribution in [1.29, 1.82) is 0 Å². The highest BCUT2D eigenvalue weighted by Crippen LogP contribution is 2.21. The molecular weight excluding hydrogens is 393 g/mol. The fourth-order valence-electron chi connectivity index (χ4n) is 2.44. The minimum absolute atomic E-state index is 0.0846. The van der Waals surface area contributed by atoms with Gasteiger partial charge in [0.1, 0.15) is 5.82 Å². The van der Waals surface area contributed by atoms with E-state index in [-0.39, 0.29) is 5.88 Å². The van der Waals surface area contributed by atoms with E-state index in [2.05, 4.69) is 30.3 Å². The van der Waals surface area contributed by atoms with Crippen LogP contribution in [0.1, 0.15) is 5.56 Å². The third-order valence-corrected chi connectivity index (χ3v) is 4.38. The zero-order valence-corrected chi connectivity index (χ0v) is 15.0. The Hall–Kier alpha value is -3.21. The summed E-state index contributed by atoms with van der Waals surface area (Å²) in [5.74, 6) is 1.11. The summed E-state index contributed by atoms with van der Waals surface area (Å²) in [6, 6.07) is 8.60. The summed E-state index contributed by atoms with van der Waals surface area (Å²) in [5.41, 5.74) is 2.23. The second-order valence-corrected chi connectivity index (χ2v) is 6.56. The molecule has 0 aromatic carbocycles. The number of hydrogen-bond acceptors (Lipinski definition) is 7. The van der Waals surface area contributed by atoms with Gasteiger partial charge in [0.25, 0.3) is 0 Å². The third-order valence-electron chi connectivity index (χ3n) is 3.70. The van der Waals surface area contributed by atoms with Crippen LogP contribution in [0.15, 0.2) is 47.3 Å². The number of rotatable bonds is 6. The van der Waals surface area contributed by atoms with E-state index in [0.29, 0.717) is 29.4 Å². The average molecular weight is 406 g/mol. The molecule has 4 aromatic heterocycles. The van der Waals surface area contributed by atoms with Gasteiger partial charge in [-0.05, 0) is 35.2 Å². The van der Waals surface area contributed by atoms with E-state index in [9.17, 15) is 13.2 Å². The monoisotopic (exact) mass is 406 g/mol. The Morgan fingerprint density at radius 2 is 2.04 bits per heavy atom. The number of nitrogens with zero attached hydrogens (tertiary/aromatic N) is 5. The molecule has 144 valence electrons. The minimum atomic E-state index is -4.41. The van der Waals surface area contributed by atoms with Crippen molar-refractivity contribution >= 4 is 22.8 Å². The van der Waals surface area contributed by atoms with E-state index in [0.717, 1.165) is 5.56 Å². The summed E-state index contributed by atoms with van der Waals surface area (Å²) in [6.07, 6.45) is -3.01. The molecular formula is C17H13F3N6OS. The first kappa shape index (κ1) is 18.2. The van der Waals surface area contributed by atoms with E-state index in [4.69, 9.17) is 0 Å². The number of nitrogens with one attached hydrogen (secondary N) is 1. The molecule has 0 spiro atoms. The third kappa shape index (κ3) is 4.19. The molecule has 0 aliphatic heterocycles. The number of thiophene rings is 1. The molecule has 1 N–H and O–H groups in total. The molecule has 0 aliphatic carbocycles. The van der Waals surface area contributed by atoms with Crippen molar-refractivity contribution in [3.63, 3.8) is 0 Å². The van der Waals surface area contributed by atoms with E-state index in [1.54, 1.807) is 34.1 Å². The number of fused-ring (bicyclic) bond motifs is 1. The average Bonchev–Trinajstić information content (AvgIpc) is 3.33. The van der Waals surface area contributed by atoms with E-state index >= 15 is 0 Å². The van der Waals surface area contributed by atoms with Crippen molar-refractivity contribution < 1.29 is 17.9 Å². The van der Waals surface area contributed by atoms with Gasteiger partial charge in [-0.15, -0.1) is 15.3 Å². The first-order valence-electron chi connectivity index (χ1n) is 8.11. The topological polar surface area (TPSA) is 77.2 Å². The lowest BCUT2D eigenvalue weighted by Crippen LogP contribution is -2.19. The van der Waals surface area contributed by atoms with Crippen molar-refractivity contribution in [1.82, 2.24) is 24.8 Å². The Morgan fingerprint density at radius 1 is 1.14 bits per heavy atom. The summed E-state index contributed by atoms with van der Waals surface area (Å²) in [4.78, 5) is 3.79. The van der Waals surface area contributed by atoms with Crippen LogP contribution in [0.2, 0.25) is 0 Å². The fourth-order valence-corrected chi connectivity index (χ4v) is 3.08. The van der Waals surface area contributed by atoms with Gasteiger partial charge in [-0.25, -0.2) is 4.98 Å². The van der Waals surface area contributed by atoms with Gasteiger partial charge >= 0.3 is 6.18 Å². The molecule has 4 rings (SSSR count). The molecule has 28 heavy (non-hydrogen) atoms. The zero-order valence-electron chi connectivity index (χ0n) is 14.2. The molecule has 0 bridgehead atoms. The number of aromatic nitrogens is 5. The van der Waals surface area contributed by atoms with Crippen molar-refractivity contribution in [3.05, 3.63) is 52.9 Å². The Morgan fingerprint density at radius 3 is 2.82 bits per heavy atom. The van der Waals surface area contributed by atoms with Crippen molar-refractivity contribution in [3.8, 4) is 17.3 Å². The van der Waals surface area contributed by atoms with Crippen LogP contribution in [0.25, 0.3) is 17.0 Å². The molecule has 0 saturated heterocycles. The number of hydrogen-bond donors (Lipinski definition) is 1. The maximum atomic E-state index is 12.3. The van der Waals surface area contributed by atoms with Gasteiger partial charge in [0.05, 0.1) is 0 Å². The summed E-state index contributed by atoms with van der Waals surface area (Å²) in [7, 11) is 0. The maximum absolute atomic E-state index is 12.3. The molecule has 0 atom stereocenters. The molecule has 11 heteroatoms. The maximum Gasteiger partial charge on any atom is 0.422 e. The minimum Gasteiger partial charge on any atom is -0.468 e. The molecule has 4 heterocycles. The summed E-state index contributed by atoms with van der Waals surface area (Å²) < 4.78 is 43.1. The Balaban J connectivity index is 1.48. The summed E-state index contributed by atoms with van der Waals surface area (Å²) in [5, 5.41) is 19.8. The largest absolute Gasteiger partial charge is 0.468 e. The van der Waals surface area contributed by atoms with Gasteiger partial charge in [0, 0.05) is 29.8 Å². The molecule has 0 fully saturated rings. The molecule has 0 amide bonds. The van der Waals surface area contributed by atoms with Crippen molar-refractivity contribution in [2.45, 2.75) is 12.7 Å². The quantitative estimate of drug-likeness (QED) is 0.525. The smallest absolute Gasteiger partial charge is 0.422 e. The highest BCUT2D eigenvalue weighted by atomic mass is 32.1. The predicted octanol–water partition coefficient (Wildman–Crippen LogP) is 3.80. The Labute approximate surface area is 160 Å². The normalized spacial score (nSPS) is 11.7. The van der Waals surface area contributed by atoms with Crippen LogP contribution >= 0.6 is 11.3 Å². The molecule has 0 aliphatic rings. The molecule has 7 nitrogen and oxygen atoms in total. The molecule has 0 saturated carbocycles. The van der Waals surface area contributed by atoms with Crippen LogP contribution in [-0.2, 0) is 6.54 Å². The fraction of sp³-hybridized carbons (Fsp3) is 0.176. The first-order chi connectivity index (χ1) is 13.5. The highest BCUT2D eigenvalue weighted by Gasteiger charge is 2.28. The van der Waals surface area contributed by atoms with Gasteiger partial charge in [0.15, 0.2) is 18.1 Å². The predicted molar refractivity (Wildman–Crippen MR) is 97.2 cm³/mol. The Kier molecular flexibility index (Phi) is 4.82. The van der Waals surface area contributed by atoms with Crippen molar-refractivity contribution in [2.24, 2.45) is 0 Å². The van der Waals surface area contributed by atoms with Crippen LogP contribution in [-0.4, -0.2) is 37.6 Å². The lowest BCUT2D eigenvalue weighted by Gasteiger charge is -2.10. The lowest BCUT2D eigenvalue weighted by molar-refractivity contribution is -0.154. The first-order valence-corrected chi connectivity index (χ1v) is 9.06. The highest BCUT2D eigenvalue weighted by molar-refractivity contribution is 7.08. The van der Waals surface area contributed by atoms with Crippen molar-refractivity contribution in [2.75, 3.05) is 11.9 Å². The molecule has 0 radical (unpaired) electrons. The Bertz CT molecular complexity index is 1080. The second kappa shape index (κ2) is 7.43. The van der Waals surface area contributed by atoms with Crippen LogP contribution in [0.3, 0.4) is 0 Å². The van der Waals surface area contributed by atoms with E-state index in [1.807, 2.05) is 16.8 Å². The number of halogens is 3. The van der Waals surface area contributed by atoms with Crippen LogP contribution in [0.4, 0.5) is 19.0 Å².